The number of carbonyl (C=O) groups is 2. The Hall–Kier alpha value is -2.82. The van der Waals surface area contributed by atoms with Crippen LogP contribution in [0.5, 0.6) is 11.5 Å². The summed E-state index contributed by atoms with van der Waals surface area (Å²) in [6, 6.07) is 8.61. The predicted octanol–water partition coefficient (Wildman–Crippen LogP) is 5.76. The largest absolute Gasteiger partial charge is 0.504 e. The Balaban J connectivity index is 1.95. The van der Waals surface area contributed by atoms with E-state index in [1.165, 1.54) is 19.4 Å². The first kappa shape index (κ1) is 19.0. The maximum absolute atomic E-state index is 12.4. The fraction of sp³-hybridized carbons (Fsp3) is 0.364. The van der Waals surface area contributed by atoms with E-state index in [0.29, 0.717) is 28.3 Å². The topological polar surface area (TPSA) is 76.7 Å². The van der Waals surface area contributed by atoms with E-state index < -0.39 is 0 Å². The van der Waals surface area contributed by atoms with Crippen LogP contribution in [0, 0.1) is 0 Å². The van der Waals surface area contributed by atoms with Gasteiger partial charge in [-0.3, -0.25) is 9.59 Å². The van der Waals surface area contributed by atoms with Crippen LogP contribution in [0.2, 0.25) is 0 Å². The molecule has 27 heavy (non-hydrogen) atoms. The minimum atomic E-state index is -0.325. The van der Waals surface area contributed by atoms with Crippen molar-refractivity contribution in [3.63, 3.8) is 0 Å². The lowest BCUT2D eigenvalue weighted by Gasteiger charge is -2.10. The molecule has 0 saturated carbocycles. The van der Waals surface area contributed by atoms with E-state index in [-0.39, 0.29) is 28.8 Å². The number of unbranched alkanes of at least 4 members (excludes halogenated alkanes) is 4. The van der Waals surface area contributed by atoms with Crippen LogP contribution in [0.15, 0.2) is 34.7 Å². The highest BCUT2D eigenvalue weighted by Gasteiger charge is 2.21. The van der Waals surface area contributed by atoms with Crippen molar-refractivity contribution < 1.29 is 23.8 Å². The number of phenols is 1. The fourth-order valence-corrected chi connectivity index (χ4v) is 3.21. The SMILES string of the molecule is CCCCCCCC(=O)Oc1c2ccccc2c(O)c2oc(C(C)=O)cc12. The molecule has 0 saturated heterocycles. The van der Waals surface area contributed by atoms with E-state index in [4.69, 9.17) is 9.15 Å². The van der Waals surface area contributed by atoms with E-state index >= 15 is 0 Å². The first-order valence-electron chi connectivity index (χ1n) is 9.41. The summed E-state index contributed by atoms with van der Waals surface area (Å²) in [6.45, 7) is 3.53. The van der Waals surface area contributed by atoms with Gasteiger partial charge in [0, 0.05) is 24.1 Å². The third-order valence-electron chi connectivity index (χ3n) is 4.67. The minimum Gasteiger partial charge on any atom is -0.504 e. The van der Waals surface area contributed by atoms with Crippen molar-refractivity contribution >= 4 is 33.5 Å². The molecular formula is C22H24O5. The molecule has 0 amide bonds. The number of fused-ring (bicyclic) bond motifs is 2. The smallest absolute Gasteiger partial charge is 0.311 e. The van der Waals surface area contributed by atoms with E-state index in [2.05, 4.69) is 6.92 Å². The maximum atomic E-state index is 12.4. The molecule has 3 rings (SSSR count). The van der Waals surface area contributed by atoms with E-state index in [1.807, 2.05) is 6.07 Å². The number of furan rings is 1. The quantitative estimate of drug-likeness (QED) is 0.237. The summed E-state index contributed by atoms with van der Waals surface area (Å²) in [4.78, 5) is 24.1. The zero-order valence-electron chi connectivity index (χ0n) is 15.7. The summed E-state index contributed by atoms with van der Waals surface area (Å²) in [5, 5.41) is 12.1. The molecule has 3 aromatic rings. The zero-order valence-corrected chi connectivity index (χ0v) is 15.7. The van der Waals surface area contributed by atoms with E-state index in [9.17, 15) is 14.7 Å². The monoisotopic (exact) mass is 368 g/mol. The lowest BCUT2D eigenvalue weighted by molar-refractivity contribution is -0.134. The van der Waals surface area contributed by atoms with Gasteiger partial charge >= 0.3 is 5.97 Å². The average Bonchev–Trinajstić information content (AvgIpc) is 3.11. The Morgan fingerprint density at radius 2 is 1.74 bits per heavy atom. The van der Waals surface area contributed by atoms with Gasteiger partial charge in [-0.15, -0.1) is 0 Å². The van der Waals surface area contributed by atoms with E-state index in [0.717, 1.165) is 25.7 Å². The molecule has 0 aliphatic carbocycles. The number of aromatic hydroxyl groups is 1. The fourth-order valence-electron chi connectivity index (χ4n) is 3.21. The number of benzene rings is 2. The Morgan fingerprint density at radius 1 is 1.04 bits per heavy atom. The van der Waals surface area contributed by atoms with Gasteiger partial charge in [-0.1, -0.05) is 56.9 Å². The molecule has 0 atom stereocenters. The average molecular weight is 368 g/mol. The molecule has 2 aromatic carbocycles. The maximum Gasteiger partial charge on any atom is 0.311 e. The molecule has 0 bridgehead atoms. The van der Waals surface area contributed by atoms with Gasteiger partial charge in [-0.05, 0) is 12.5 Å². The Labute approximate surface area is 157 Å². The zero-order chi connectivity index (χ0) is 19.4. The van der Waals surface area contributed by atoms with Gasteiger partial charge in [0.25, 0.3) is 0 Å². The highest BCUT2D eigenvalue weighted by molar-refractivity contribution is 6.11. The second-order valence-corrected chi connectivity index (χ2v) is 6.77. The van der Waals surface area contributed by atoms with Gasteiger partial charge < -0.3 is 14.3 Å². The van der Waals surface area contributed by atoms with Crippen LogP contribution in [-0.4, -0.2) is 16.9 Å². The Kier molecular flexibility index (Phi) is 5.79. The third kappa shape index (κ3) is 3.97. The van der Waals surface area contributed by atoms with Crippen LogP contribution in [-0.2, 0) is 4.79 Å². The summed E-state index contributed by atoms with van der Waals surface area (Å²) in [7, 11) is 0. The number of hydrogen-bond donors (Lipinski definition) is 1. The molecular weight excluding hydrogens is 344 g/mol. The summed E-state index contributed by atoms with van der Waals surface area (Å²) in [5.41, 5.74) is 0.157. The molecule has 0 radical (unpaired) electrons. The van der Waals surface area contributed by atoms with Crippen LogP contribution < -0.4 is 4.74 Å². The molecule has 0 spiro atoms. The number of phenolic OH excluding ortho intramolecular Hbond substituents is 1. The van der Waals surface area contributed by atoms with Crippen molar-refractivity contribution in [2.24, 2.45) is 0 Å². The van der Waals surface area contributed by atoms with Crippen molar-refractivity contribution in [2.75, 3.05) is 0 Å². The van der Waals surface area contributed by atoms with Crippen LogP contribution in [0.25, 0.3) is 21.7 Å². The highest BCUT2D eigenvalue weighted by atomic mass is 16.5. The lowest BCUT2D eigenvalue weighted by atomic mass is 10.1. The summed E-state index contributed by atoms with van der Waals surface area (Å²) in [6.07, 6.45) is 5.54. The molecule has 1 heterocycles. The standard InChI is InChI=1S/C22H24O5/c1-3-4-5-6-7-12-19(24)27-21-16-11-9-8-10-15(16)20(25)22-17(21)13-18(26-22)14(2)23/h8-11,13,25H,3-7,12H2,1-2H3. The Morgan fingerprint density at radius 3 is 2.44 bits per heavy atom. The van der Waals surface area contributed by atoms with Crippen LogP contribution in [0.1, 0.15) is 62.9 Å². The van der Waals surface area contributed by atoms with Gasteiger partial charge in [0.15, 0.2) is 22.9 Å². The number of carbonyl (C=O) groups excluding carboxylic acids is 2. The number of hydrogen-bond acceptors (Lipinski definition) is 5. The first-order valence-corrected chi connectivity index (χ1v) is 9.41. The number of rotatable bonds is 8. The van der Waals surface area contributed by atoms with Crippen LogP contribution in [0.4, 0.5) is 0 Å². The van der Waals surface area contributed by atoms with Crippen LogP contribution in [0.3, 0.4) is 0 Å². The second-order valence-electron chi connectivity index (χ2n) is 6.77. The van der Waals surface area contributed by atoms with Crippen molar-refractivity contribution in [3.05, 3.63) is 36.1 Å². The highest BCUT2D eigenvalue weighted by Crippen LogP contribution is 2.43. The number of esters is 1. The number of ketones is 1. The van der Waals surface area contributed by atoms with E-state index in [1.54, 1.807) is 18.2 Å². The lowest BCUT2D eigenvalue weighted by Crippen LogP contribution is -2.08. The minimum absolute atomic E-state index is 0.0625. The van der Waals surface area contributed by atoms with Gasteiger partial charge in [0.2, 0.25) is 0 Å². The molecule has 1 N–H and O–H groups in total. The molecule has 1 aromatic heterocycles. The molecule has 0 aliphatic rings. The second kappa shape index (κ2) is 8.25. The molecule has 5 nitrogen and oxygen atoms in total. The predicted molar refractivity (Wildman–Crippen MR) is 104 cm³/mol. The van der Waals surface area contributed by atoms with Crippen LogP contribution >= 0.6 is 0 Å². The Bertz CT molecular complexity index is 983. The number of Topliss-reactive ketones (excluding diaryl/α,β-unsaturated/α-hetero) is 1. The van der Waals surface area contributed by atoms with Gasteiger partial charge in [0.05, 0.1) is 5.39 Å². The van der Waals surface area contributed by atoms with Crippen molar-refractivity contribution in [1.82, 2.24) is 0 Å². The third-order valence-corrected chi connectivity index (χ3v) is 4.67. The summed E-state index contributed by atoms with van der Waals surface area (Å²) >= 11 is 0. The molecule has 0 unspecified atom stereocenters. The van der Waals surface area contributed by atoms with Gasteiger partial charge in [-0.25, -0.2) is 0 Å². The molecule has 5 heteroatoms. The first-order chi connectivity index (χ1) is 13.0. The van der Waals surface area contributed by atoms with Gasteiger partial charge in [-0.2, -0.15) is 0 Å². The van der Waals surface area contributed by atoms with Gasteiger partial charge in [0.1, 0.15) is 5.75 Å². The number of ether oxygens (including phenoxy) is 1. The van der Waals surface area contributed by atoms with Crippen molar-refractivity contribution in [1.29, 1.82) is 0 Å². The molecule has 142 valence electrons. The van der Waals surface area contributed by atoms with Crippen molar-refractivity contribution in [3.8, 4) is 11.5 Å². The summed E-state index contributed by atoms with van der Waals surface area (Å²) in [5.74, 6) is -0.204. The normalized spacial score (nSPS) is 11.2. The summed E-state index contributed by atoms with van der Waals surface area (Å²) < 4.78 is 11.2. The van der Waals surface area contributed by atoms with Crippen molar-refractivity contribution in [2.45, 2.75) is 52.4 Å². The molecule has 0 aliphatic heterocycles. The molecule has 0 fully saturated rings.